The van der Waals surface area contributed by atoms with Gasteiger partial charge >= 0.3 is 0 Å². The summed E-state index contributed by atoms with van der Waals surface area (Å²) in [6, 6.07) is 7.89. The van der Waals surface area contributed by atoms with Crippen molar-refractivity contribution in [2.75, 3.05) is 23.8 Å². The van der Waals surface area contributed by atoms with Gasteiger partial charge < -0.3 is 10.2 Å². The van der Waals surface area contributed by atoms with Crippen molar-refractivity contribution in [1.82, 2.24) is 0 Å². The van der Waals surface area contributed by atoms with Gasteiger partial charge in [0.05, 0.1) is 33.3 Å². The molecule has 0 radical (unpaired) electrons. The molecule has 2 aromatic rings. The molecule has 0 atom stereocenters. The van der Waals surface area contributed by atoms with Crippen molar-refractivity contribution in [3.05, 3.63) is 62.4 Å². The SMILES string of the molecule is CN(CC(=O)Nc1c(Cl)cccc1Cl)c1ccc(F)cc1[N+](=O)[O-]. The molecule has 0 saturated heterocycles. The molecule has 2 aromatic carbocycles. The second-order valence-corrected chi connectivity index (χ2v) is 5.71. The molecule has 0 aliphatic heterocycles. The number of para-hydroxylation sites is 1. The van der Waals surface area contributed by atoms with Gasteiger partial charge in [0, 0.05) is 7.05 Å². The maximum Gasteiger partial charge on any atom is 0.295 e. The Hall–Kier alpha value is -2.38. The highest BCUT2D eigenvalue weighted by atomic mass is 35.5. The highest BCUT2D eigenvalue weighted by molar-refractivity contribution is 6.39. The van der Waals surface area contributed by atoms with Crippen LogP contribution in [0.3, 0.4) is 0 Å². The Morgan fingerprint density at radius 2 is 1.92 bits per heavy atom. The fourth-order valence-corrected chi connectivity index (χ4v) is 2.55. The summed E-state index contributed by atoms with van der Waals surface area (Å²) in [5, 5.41) is 14.1. The third-order valence-electron chi connectivity index (χ3n) is 3.15. The van der Waals surface area contributed by atoms with Crippen molar-refractivity contribution in [2.45, 2.75) is 0 Å². The minimum absolute atomic E-state index is 0.113. The van der Waals surface area contributed by atoms with Crippen LogP contribution < -0.4 is 10.2 Å². The van der Waals surface area contributed by atoms with Crippen LogP contribution in [0.4, 0.5) is 21.5 Å². The topological polar surface area (TPSA) is 75.5 Å². The lowest BCUT2D eigenvalue weighted by Gasteiger charge is -2.19. The first kappa shape index (κ1) is 18.0. The molecule has 1 N–H and O–H groups in total. The summed E-state index contributed by atoms with van der Waals surface area (Å²) in [6.45, 7) is -0.214. The smallest absolute Gasteiger partial charge is 0.295 e. The quantitative estimate of drug-likeness (QED) is 0.633. The largest absolute Gasteiger partial charge is 0.360 e. The Morgan fingerprint density at radius 3 is 2.50 bits per heavy atom. The molecular weight excluding hydrogens is 360 g/mol. The van der Waals surface area contributed by atoms with E-state index in [0.29, 0.717) is 0 Å². The first-order valence-corrected chi connectivity index (χ1v) is 7.44. The molecule has 0 saturated carbocycles. The molecule has 0 spiro atoms. The van der Waals surface area contributed by atoms with Gasteiger partial charge in [0.1, 0.15) is 11.5 Å². The first-order valence-electron chi connectivity index (χ1n) is 6.68. The molecule has 0 heterocycles. The van der Waals surface area contributed by atoms with Crippen LogP contribution in [-0.4, -0.2) is 24.4 Å². The Labute approximate surface area is 146 Å². The zero-order chi connectivity index (χ0) is 17.9. The number of nitro groups is 1. The molecule has 0 aliphatic carbocycles. The Morgan fingerprint density at radius 1 is 1.29 bits per heavy atom. The number of benzene rings is 2. The number of rotatable bonds is 5. The number of hydrogen-bond donors (Lipinski definition) is 1. The molecule has 0 fully saturated rings. The standard InChI is InChI=1S/C15H12Cl2FN3O3/c1-20(12-6-5-9(18)7-13(12)21(23)24)8-14(22)19-15-10(16)3-2-4-11(15)17/h2-7H,8H2,1H3,(H,19,22). The van der Waals surface area contributed by atoms with Crippen LogP contribution in [0.2, 0.25) is 10.0 Å². The third kappa shape index (κ3) is 4.12. The molecular formula is C15H12Cl2FN3O3. The van der Waals surface area contributed by atoms with E-state index in [1.165, 1.54) is 18.0 Å². The summed E-state index contributed by atoms with van der Waals surface area (Å²) in [7, 11) is 1.48. The van der Waals surface area contributed by atoms with E-state index in [0.717, 1.165) is 12.1 Å². The monoisotopic (exact) mass is 371 g/mol. The van der Waals surface area contributed by atoms with E-state index in [1.807, 2.05) is 0 Å². The number of hydrogen-bond acceptors (Lipinski definition) is 4. The highest BCUT2D eigenvalue weighted by Gasteiger charge is 2.20. The maximum atomic E-state index is 13.2. The van der Waals surface area contributed by atoms with Crippen LogP contribution in [0.5, 0.6) is 0 Å². The zero-order valence-electron chi connectivity index (χ0n) is 12.4. The molecule has 6 nitrogen and oxygen atoms in total. The second-order valence-electron chi connectivity index (χ2n) is 4.89. The lowest BCUT2D eigenvalue weighted by Crippen LogP contribution is -2.30. The number of carbonyl (C=O) groups is 1. The number of nitrogens with zero attached hydrogens (tertiary/aromatic N) is 2. The molecule has 2 rings (SSSR count). The Bertz CT molecular complexity index is 781. The molecule has 0 bridgehead atoms. The molecule has 126 valence electrons. The summed E-state index contributed by atoms with van der Waals surface area (Å²) < 4.78 is 13.2. The summed E-state index contributed by atoms with van der Waals surface area (Å²) in [5.41, 5.74) is -0.0595. The van der Waals surface area contributed by atoms with Gasteiger partial charge in [0.15, 0.2) is 0 Å². The number of amides is 1. The minimum atomic E-state index is -0.730. The molecule has 0 unspecified atom stereocenters. The van der Waals surface area contributed by atoms with Gasteiger partial charge in [-0.15, -0.1) is 0 Å². The lowest BCUT2D eigenvalue weighted by molar-refractivity contribution is -0.384. The summed E-state index contributed by atoms with van der Waals surface area (Å²) >= 11 is 11.9. The van der Waals surface area contributed by atoms with Crippen molar-refractivity contribution in [3.8, 4) is 0 Å². The number of anilines is 2. The Kier molecular flexibility index (Phi) is 5.58. The predicted octanol–water partition coefficient (Wildman–Crippen LogP) is 4.12. The summed E-state index contributed by atoms with van der Waals surface area (Å²) in [6.07, 6.45) is 0. The van der Waals surface area contributed by atoms with Gasteiger partial charge in [0.2, 0.25) is 5.91 Å². The fourth-order valence-electron chi connectivity index (χ4n) is 2.06. The van der Waals surface area contributed by atoms with E-state index in [4.69, 9.17) is 23.2 Å². The lowest BCUT2D eigenvalue weighted by atomic mass is 10.2. The van der Waals surface area contributed by atoms with Crippen molar-refractivity contribution in [1.29, 1.82) is 0 Å². The normalized spacial score (nSPS) is 10.3. The van der Waals surface area contributed by atoms with E-state index in [-0.39, 0.29) is 28.0 Å². The van der Waals surface area contributed by atoms with Crippen LogP contribution in [0.15, 0.2) is 36.4 Å². The van der Waals surface area contributed by atoms with Gasteiger partial charge in [0.25, 0.3) is 5.69 Å². The second kappa shape index (κ2) is 7.46. The van der Waals surface area contributed by atoms with E-state index < -0.39 is 22.3 Å². The van der Waals surface area contributed by atoms with E-state index in [1.54, 1.807) is 18.2 Å². The molecule has 0 aliphatic rings. The van der Waals surface area contributed by atoms with Crippen molar-refractivity contribution in [3.63, 3.8) is 0 Å². The van der Waals surface area contributed by atoms with E-state index >= 15 is 0 Å². The molecule has 24 heavy (non-hydrogen) atoms. The van der Waals surface area contributed by atoms with Crippen molar-refractivity contribution >= 4 is 46.2 Å². The van der Waals surface area contributed by atoms with Crippen LogP contribution in [0.25, 0.3) is 0 Å². The highest BCUT2D eigenvalue weighted by Crippen LogP contribution is 2.30. The minimum Gasteiger partial charge on any atom is -0.360 e. The van der Waals surface area contributed by atoms with Crippen molar-refractivity contribution < 1.29 is 14.1 Å². The number of nitro benzene ring substituents is 1. The van der Waals surface area contributed by atoms with E-state index in [9.17, 15) is 19.3 Å². The Balaban J connectivity index is 2.17. The predicted molar refractivity (Wildman–Crippen MR) is 91.4 cm³/mol. The van der Waals surface area contributed by atoms with Crippen LogP contribution in [-0.2, 0) is 4.79 Å². The van der Waals surface area contributed by atoms with Gasteiger partial charge in [-0.3, -0.25) is 14.9 Å². The average Bonchev–Trinajstić information content (AvgIpc) is 2.50. The maximum absolute atomic E-state index is 13.2. The average molecular weight is 372 g/mol. The molecule has 9 heteroatoms. The van der Waals surface area contributed by atoms with Crippen LogP contribution >= 0.6 is 23.2 Å². The van der Waals surface area contributed by atoms with Gasteiger partial charge in [-0.05, 0) is 24.3 Å². The fraction of sp³-hybridized carbons (Fsp3) is 0.133. The van der Waals surface area contributed by atoms with Crippen molar-refractivity contribution in [2.24, 2.45) is 0 Å². The third-order valence-corrected chi connectivity index (χ3v) is 3.78. The number of halogens is 3. The van der Waals surface area contributed by atoms with E-state index in [2.05, 4.69) is 5.32 Å². The summed E-state index contributed by atoms with van der Waals surface area (Å²) in [5.74, 6) is -1.21. The van der Waals surface area contributed by atoms with Gasteiger partial charge in [-0.25, -0.2) is 4.39 Å². The first-order chi connectivity index (χ1) is 11.3. The molecule has 1 amide bonds. The number of likely N-dealkylation sites (N-methyl/N-ethyl adjacent to an activating group) is 1. The number of nitrogens with one attached hydrogen (secondary N) is 1. The number of carbonyl (C=O) groups excluding carboxylic acids is 1. The molecule has 0 aromatic heterocycles. The van der Waals surface area contributed by atoms with Crippen LogP contribution in [0, 0.1) is 15.9 Å². The zero-order valence-corrected chi connectivity index (χ0v) is 13.9. The van der Waals surface area contributed by atoms with Gasteiger partial charge in [-0.2, -0.15) is 0 Å². The van der Waals surface area contributed by atoms with Crippen LogP contribution in [0.1, 0.15) is 0 Å². The summed E-state index contributed by atoms with van der Waals surface area (Å²) in [4.78, 5) is 23.8. The van der Waals surface area contributed by atoms with Gasteiger partial charge in [-0.1, -0.05) is 29.3 Å².